The summed E-state index contributed by atoms with van der Waals surface area (Å²) in [4.78, 5) is 25.3. The number of nitro groups is 1. The minimum Gasteiger partial charge on any atom is -0.298 e. The summed E-state index contributed by atoms with van der Waals surface area (Å²) >= 11 is 0. The number of carbonyl (C=O) groups excluding carboxylic acids is 1. The number of rotatable bonds is 3. The van der Waals surface area contributed by atoms with Gasteiger partial charge in [-0.3, -0.25) is 19.5 Å². The number of nitrogens with zero attached hydrogens (tertiary/aromatic N) is 3. The first-order valence-corrected chi connectivity index (χ1v) is 5.29. The molecule has 0 radical (unpaired) electrons. The number of aromatic nitrogens is 2. The van der Waals surface area contributed by atoms with Gasteiger partial charge in [0.25, 0.3) is 5.69 Å². The number of benzene rings is 1. The largest absolute Gasteiger partial charge is 0.298 e. The van der Waals surface area contributed by atoms with Gasteiger partial charge in [-0.15, -0.1) is 0 Å². The molecule has 92 valence electrons. The molecule has 0 unspecified atom stereocenters. The maximum Gasteiger partial charge on any atom is 0.293 e. The van der Waals surface area contributed by atoms with Gasteiger partial charge in [0.05, 0.1) is 16.9 Å². The lowest BCUT2D eigenvalue weighted by Gasteiger charge is -2.06. The third-order valence-corrected chi connectivity index (χ3v) is 2.84. The van der Waals surface area contributed by atoms with Gasteiger partial charge in [0.15, 0.2) is 0 Å². The van der Waals surface area contributed by atoms with Crippen LogP contribution < -0.4 is 0 Å². The highest BCUT2D eigenvalue weighted by Crippen LogP contribution is 2.25. The third-order valence-electron chi connectivity index (χ3n) is 2.84. The lowest BCUT2D eigenvalue weighted by atomic mass is 10.2. The molecule has 0 N–H and O–H groups in total. The molecule has 1 aromatic heterocycles. The summed E-state index contributed by atoms with van der Waals surface area (Å²) in [5, 5.41) is 11.0. The normalized spacial score (nSPS) is 10.3. The highest BCUT2D eigenvalue weighted by Gasteiger charge is 2.17. The van der Waals surface area contributed by atoms with Gasteiger partial charge in [-0.1, -0.05) is 0 Å². The molecule has 0 amide bonds. The van der Waals surface area contributed by atoms with Gasteiger partial charge in [0, 0.05) is 17.3 Å². The molecule has 18 heavy (non-hydrogen) atoms. The highest BCUT2D eigenvalue weighted by atomic mass is 16.6. The second-order valence-electron chi connectivity index (χ2n) is 3.91. The smallest absolute Gasteiger partial charge is 0.293 e. The second kappa shape index (κ2) is 4.40. The van der Waals surface area contributed by atoms with Crippen LogP contribution in [0.2, 0.25) is 0 Å². The quantitative estimate of drug-likeness (QED) is 0.472. The van der Waals surface area contributed by atoms with E-state index in [1.54, 1.807) is 16.7 Å². The van der Waals surface area contributed by atoms with Crippen LogP contribution in [-0.2, 0) is 0 Å². The van der Waals surface area contributed by atoms with Gasteiger partial charge in [-0.2, -0.15) is 0 Å². The van der Waals surface area contributed by atoms with Crippen molar-refractivity contribution in [2.75, 3.05) is 0 Å². The van der Waals surface area contributed by atoms with E-state index in [1.165, 1.54) is 12.4 Å². The fraction of sp³-hybridized carbons (Fsp3) is 0.167. The van der Waals surface area contributed by atoms with Crippen LogP contribution in [0.1, 0.15) is 21.7 Å². The molecule has 0 bridgehead atoms. The summed E-state index contributed by atoms with van der Waals surface area (Å²) in [6.45, 7) is 3.66. The molecular formula is C12H11N3O3. The molecule has 0 aliphatic carbocycles. The van der Waals surface area contributed by atoms with Gasteiger partial charge in [-0.25, -0.2) is 4.98 Å². The van der Waals surface area contributed by atoms with E-state index in [0.717, 1.165) is 11.4 Å². The van der Waals surface area contributed by atoms with Crippen molar-refractivity contribution in [1.82, 2.24) is 9.55 Å². The molecule has 2 aromatic rings. The molecule has 1 heterocycles. The maximum absolute atomic E-state index is 11.0. The van der Waals surface area contributed by atoms with E-state index < -0.39 is 4.92 Å². The van der Waals surface area contributed by atoms with Gasteiger partial charge in [-0.05, 0) is 26.0 Å². The minimum absolute atomic E-state index is 0.111. The van der Waals surface area contributed by atoms with E-state index in [0.29, 0.717) is 12.0 Å². The number of aryl methyl sites for hydroxylation is 1. The Kier molecular flexibility index (Phi) is 2.93. The summed E-state index contributed by atoms with van der Waals surface area (Å²) in [6, 6.07) is 4.36. The molecular weight excluding hydrogens is 234 g/mol. The molecule has 0 aliphatic heterocycles. The molecule has 0 spiro atoms. The first-order valence-electron chi connectivity index (χ1n) is 5.29. The van der Waals surface area contributed by atoms with Crippen LogP contribution in [0.3, 0.4) is 0 Å². The average molecular weight is 245 g/mol. The Morgan fingerprint density at radius 1 is 1.39 bits per heavy atom. The third kappa shape index (κ3) is 1.88. The average Bonchev–Trinajstić information content (AvgIpc) is 2.69. The number of nitro benzene ring substituents is 1. The van der Waals surface area contributed by atoms with E-state index in [2.05, 4.69) is 4.98 Å². The Morgan fingerprint density at radius 3 is 2.61 bits per heavy atom. The Hall–Kier alpha value is -2.50. The van der Waals surface area contributed by atoms with E-state index in [4.69, 9.17) is 0 Å². The molecule has 1 aromatic carbocycles. The minimum atomic E-state index is -0.503. The number of imidazole rings is 1. The van der Waals surface area contributed by atoms with Crippen LogP contribution in [0, 0.1) is 24.0 Å². The molecule has 0 atom stereocenters. The van der Waals surface area contributed by atoms with Gasteiger partial charge >= 0.3 is 0 Å². The van der Waals surface area contributed by atoms with E-state index in [-0.39, 0.29) is 11.3 Å². The number of carbonyl (C=O) groups is 1. The van der Waals surface area contributed by atoms with Crippen molar-refractivity contribution >= 4 is 12.0 Å². The SMILES string of the molecule is Cc1ncn(-c2ccc(C=O)cc2[N+](=O)[O-])c1C. The summed E-state index contributed by atoms with van der Waals surface area (Å²) in [6.07, 6.45) is 2.12. The molecule has 0 saturated heterocycles. The number of hydrogen-bond acceptors (Lipinski definition) is 4. The lowest BCUT2D eigenvalue weighted by Crippen LogP contribution is -2.02. The van der Waals surface area contributed by atoms with Crippen molar-refractivity contribution in [2.24, 2.45) is 0 Å². The zero-order valence-corrected chi connectivity index (χ0v) is 9.95. The monoisotopic (exact) mass is 245 g/mol. The van der Waals surface area contributed by atoms with Crippen molar-refractivity contribution in [1.29, 1.82) is 0 Å². The Bertz CT molecular complexity index is 631. The van der Waals surface area contributed by atoms with Crippen LogP contribution in [0.5, 0.6) is 0 Å². The van der Waals surface area contributed by atoms with Crippen LogP contribution in [-0.4, -0.2) is 20.8 Å². The fourth-order valence-electron chi connectivity index (χ4n) is 1.71. The van der Waals surface area contributed by atoms with Gasteiger partial charge in [0.2, 0.25) is 0 Å². The molecule has 0 aliphatic rings. The van der Waals surface area contributed by atoms with E-state index in [1.807, 2.05) is 13.8 Å². The zero-order chi connectivity index (χ0) is 13.3. The maximum atomic E-state index is 11.0. The summed E-state index contributed by atoms with van der Waals surface area (Å²) in [7, 11) is 0. The number of hydrogen-bond donors (Lipinski definition) is 0. The van der Waals surface area contributed by atoms with Crippen LogP contribution in [0.25, 0.3) is 5.69 Å². The van der Waals surface area contributed by atoms with Crippen molar-refractivity contribution in [3.8, 4) is 5.69 Å². The first kappa shape index (κ1) is 12.0. The molecule has 6 heteroatoms. The summed E-state index contributed by atoms with van der Waals surface area (Å²) < 4.78 is 1.64. The Morgan fingerprint density at radius 2 is 2.11 bits per heavy atom. The van der Waals surface area contributed by atoms with Crippen LogP contribution in [0.4, 0.5) is 5.69 Å². The van der Waals surface area contributed by atoms with Crippen molar-refractivity contribution in [3.05, 3.63) is 51.6 Å². The van der Waals surface area contributed by atoms with Crippen molar-refractivity contribution < 1.29 is 9.72 Å². The van der Waals surface area contributed by atoms with E-state index >= 15 is 0 Å². The molecule has 0 fully saturated rings. The zero-order valence-electron chi connectivity index (χ0n) is 9.95. The molecule has 6 nitrogen and oxygen atoms in total. The van der Waals surface area contributed by atoms with E-state index in [9.17, 15) is 14.9 Å². The predicted molar refractivity (Wildman–Crippen MR) is 65.1 cm³/mol. The van der Waals surface area contributed by atoms with Crippen molar-refractivity contribution in [2.45, 2.75) is 13.8 Å². The summed E-state index contributed by atoms with van der Waals surface area (Å²) in [5.41, 5.74) is 2.21. The second-order valence-corrected chi connectivity index (χ2v) is 3.91. The van der Waals surface area contributed by atoms with Gasteiger partial charge in [0.1, 0.15) is 12.0 Å². The van der Waals surface area contributed by atoms with Crippen molar-refractivity contribution in [3.63, 3.8) is 0 Å². The summed E-state index contributed by atoms with van der Waals surface area (Å²) in [5.74, 6) is 0. The Balaban J connectivity index is 2.67. The Labute approximate surface area is 103 Å². The highest BCUT2D eigenvalue weighted by molar-refractivity contribution is 5.77. The van der Waals surface area contributed by atoms with Crippen LogP contribution >= 0.6 is 0 Å². The predicted octanol–water partition coefficient (Wildman–Crippen LogP) is 2.21. The number of aldehydes is 1. The topological polar surface area (TPSA) is 78.0 Å². The lowest BCUT2D eigenvalue weighted by molar-refractivity contribution is -0.384. The molecule has 2 rings (SSSR count). The fourth-order valence-corrected chi connectivity index (χ4v) is 1.71. The van der Waals surface area contributed by atoms with Gasteiger partial charge < -0.3 is 0 Å². The standard InChI is InChI=1S/C12H11N3O3/c1-8-9(2)14(7-13-8)11-4-3-10(6-16)5-12(11)15(17)18/h3-7H,1-2H3. The molecule has 0 saturated carbocycles. The first-order chi connectivity index (χ1) is 8.54. The van der Waals surface area contributed by atoms with Crippen LogP contribution in [0.15, 0.2) is 24.5 Å².